The van der Waals surface area contributed by atoms with Gasteiger partial charge in [-0.1, -0.05) is 6.07 Å². The molecule has 1 aromatic carbocycles. The van der Waals surface area contributed by atoms with Gasteiger partial charge in [0.1, 0.15) is 0 Å². The van der Waals surface area contributed by atoms with Gasteiger partial charge in [-0.15, -0.1) is 0 Å². The van der Waals surface area contributed by atoms with Gasteiger partial charge in [0.05, 0.1) is 0 Å². The fourth-order valence-corrected chi connectivity index (χ4v) is 2.65. The summed E-state index contributed by atoms with van der Waals surface area (Å²) in [7, 11) is 0. The van der Waals surface area contributed by atoms with Gasteiger partial charge in [0, 0.05) is 30.3 Å². The zero-order valence-electron chi connectivity index (χ0n) is 12.6. The molecule has 1 saturated carbocycles. The van der Waals surface area contributed by atoms with Crippen molar-refractivity contribution in [2.24, 2.45) is 11.7 Å². The van der Waals surface area contributed by atoms with Crippen molar-refractivity contribution in [3.8, 4) is 0 Å². The Morgan fingerprint density at radius 2 is 1.81 bits per heavy atom. The van der Waals surface area contributed by atoms with Crippen LogP contribution in [0.4, 0.5) is 11.4 Å². The lowest BCUT2D eigenvalue weighted by atomic mass is 9.86. The molecule has 1 fully saturated rings. The second kappa shape index (κ2) is 6.72. The molecule has 0 heterocycles. The smallest absolute Gasteiger partial charge is 0.227 e. The molecule has 2 rings (SSSR count). The van der Waals surface area contributed by atoms with E-state index >= 15 is 0 Å². The summed E-state index contributed by atoms with van der Waals surface area (Å²) in [5.41, 5.74) is 8.27. The minimum Gasteiger partial charge on any atom is -0.328 e. The van der Waals surface area contributed by atoms with E-state index in [4.69, 9.17) is 5.73 Å². The van der Waals surface area contributed by atoms with Crippen LogP contribution in [0.5, 0.6) is 0 Å². The lowest BCUT2D eigenvalue weighted by molar-refractivity contribution is -0.120. The summed E-state index contributed by atoms with van der Waals surface area (Å²) in [6.45, 7) is 3.38. The molecule has 5 nitrogen and oxygen atoms in total. The second-order valence-corrected chi connectivity index (χ2v) is 5.81. The summed E-state index contributed by atoms with van der Waals surface area (Å²) in [6.07, 6.45) is 3.50. The van der Waals surface area contributed by atoms with Crippen LogP contribution in [0.25, 0.3) is 0 Å². The third-order valence-electron chi connectivity index (χ3n) is 3.96. The van der Waals surface area contributed by atoms with Crippen molar-refractivity contribution in [3.63, 3.8) is 0 Å². The molecule has 2 amide bonds. The van der Waals surface area contributed by atoms with Gasteiger partial charge in [0.2, 0.25) is 11.8 Å². The number of amides is 2. The van der Waals surface area contributed by atoms with Crippen LogP contribution in [0.3, 0.4) is 0 Å². The van der Waals surface area contributed by atoms with E-state index in [0.717, 1.165) is 36.9 Å². The van der Waals surface area contributed by atoms with Crippen LogP contribution in [0, 0.1) is 12.8 Å². The number of hydrogen-bond donors (Lipinski definition) is 3. The highest BCUT2D eigenvalue weighted by atomic mass is 16.2. The Kier molecular flexibility index (Phi) is 4.96. The molecule has 0 unspecified atom stereocenters. The molecular formula is C16H23N3O2. The number of carbonyl (C=O) groups excluding carboxylic acids is 2. The van der Waals surface area contributed by atoms with E-state index in [1.807, 2.05) is 19.1 Å². The number of nitrogens with one attached hydrogen (secondary N) is 2. The van der Waals surface area contributed by atoms with Crippen molar-refractivity contribution in [2.75, 3.05) is 10.6 Å². The number of aryl methyl sites for hydroxylation is 1. The Morgan fingerprint density at radius 1 is 1.14 bits per heavy atom. The SMILES string of the molecule is CC(=O)Nc1cc(NC(=O)C2CCC(N)CC2)ccc1C. The molecule has 5 heteroatoms. The van der Waals surface area contributed by atoms with Gasteiger partial charge in [0.15, 0.2) is 0 Å². The van der Waals surface area contributed by atoms with Crippen molar-refractivity contribution in [1.29, 1.82) is 0 Å². The minimum atomic E-state index is -0.122. The Morgan fingerprint density at radius 3 is 2.43 bits per heavy atom. The predicted octanol–water partition coefficient (Wildman–Crippen LogP) is 2.41. The van der Waals surface area contributed by atoms with Crippen molar-refractivity contribution < 1.29 is 9.59 Å². The van der Waals surface area contributed by atoms with E-state index in [1.165, 1.54) is 6.92 Å². The maximum absolute atomic E-state index is 12.3. The zero-order valence-corrected chi connectivity index (χ0v) is 12.6. The third-order valence-corrected chi connectivity index (χ3v) is 3.96. The minimum absolute atomic E-state index is 0.0373. The number of rotatable bonds is 3. The van der Waals surface area contributed by atoms with Crippen LogP contribution in [-0.2, 0) is 9.59 Å². The number of benzene rings is 1. The number of nitrogens with two attached hydrogens (primary N) is 1. The summed E-state index contributed by atoms with van der Waals surface area (Å²) < 4.78 is 0. The molecule has 1 aromatic rings. The molecule has 0 bridgehead atoms. The van der Waals surface area contributed by atoms with Gasteiger partial charge in [-0.05, 0) is 50.3 Å². The molecular weight excluding hydrogens is 266 g/mol. The maximum Gasteiger partial charge on any atom is 0.227 e. The fraction of sp³-hybridized carbons (Fsp3) is 0.500. The predicted molar refractivity (Wildman–Crippen MR) is 84.0 cm³/mol. The van der Waals surface area contributed by atoms with E-state index < -0.39 is 0 Å². The molecule has 114 valence electrons. The van der Waals surface area contributed by atoms with Crippen molar-refractivity contribution in [2.45, 2.75) is 45.6 Å². The molecule has 0 atom stereocenters. The molecule has 0 radical (unpaired) electrons. The molecule has 0 aliphatic heterocycles. The molecule has 1 aliphatic carbocycles. The zero-order chi connectivity index (χ0) is 15.4. The van der Waals surface area contributed by atoms with Crippen LogP contribution >= 0.6 is 0 Å². The van der Waals surface area contributed by atoms with Gasteiger partial charge < -0.3 is 16.4 Å². The summed E-state index contributed by atoms with van der Waals surface area (Å²) in [4.78, 5) is 23.4. The first-order valence-corrected chi connectivity index (χ1v) is 7.40. The standard InChI is InChI=1S/C16H23N3O2/c1-10-3-8-14(9-15(10)18-11(2)20)19-16(21)12-4-6-13(17)7-5-12/h3,8-9,12-13H,4-7,17H2,1-2H3,(H,18,20)(H,19,21). The van der Waals surface area contributed by atoms with Crippen LogP contribution < -0.4 is 16.4 Å². The molecule has 0 saturated heterocycles. The molecule has 0 spiro atoms. The third kappa shape index (κ3) is 4.29. The van der Waals surface area contributed by atoms with Gasteiger partial charge in [0.25, 0.3) is 0 Å². The molecule has 4 N–H and O–H groups in total. The molecule has 1 aliphatic rings. The monoisotopic (exact) mass is 289 g/mol. The van der Waals surface area contributed by atoms with Crippen molar-refractivity contribution in [3.05, 3.63) is 23.8 Å². The largest absolute Gasteiger partial charge is 0.328 e. The van der Waals surface area contributed by atoms with Crippen molar-refractivity contribution >= 4 is 23.2 Å². The Hall–Kier alpha value is -1.88. The van der Waals surface area contributed by atoms with E-state index in [-0.39, 0.29) is 23.8 Å². The summed E-state index contributed by atoms with van der Waals surface area (Å²) in [5, 5.41) is 5.70. The summed E-state index contributed by atoms with van der Waals surface area (Å²) >= 11 is 0. The quantitative estimate of drug-likeness (QED) is 0.799. The van der Waals surface area contributed by atoms with E-state index in [0.29, 0.717) is 5.69 Å². The Bertz CT molecular complexity index is 534. The number of anilines is 2. The lowest BCUT2D eigenvalue weighted by Gasteiger charge is -2.25. The van der Waals surface area contributed by atoms with Gasteiger partial charge in [-0.25, -0.2) is 0 Å². The second-order valence-electron chi connectivity index (χ2n) is 5.81. The van der Waals surface area contributed by atoms with E-state index in [1.54, 1.807) is 6.07 Å². The summed E-state index contributed by atoms with van der Waals surface area (Å²) in [5.74, 6) is -0.0438. The fourth-order valence-electron chi connectivity index (χ4n) is 2.65. The van der Waals surface area contributed by atoms with Gasteiger partial charge in [-0.3, -0.25) is 9.59 Å². The number of hydrogen-bond acceptors (Lipinski definition) is 3. The highest BCUT2D eigenvalue weighted by Gasteiger charge is 2.24. The summed E-state index contributed by atoms with van der Waals surface area (Å²) in [6, 6.07) is 5.77. The van der Waals surface area contributed by atoms with Gasteiger partial charge in [-0.2, -0.15) is 0 Å². The molecule has 0 aromatic heterocycles. The van der Waals surface area contributed by atoms with Crippen LogP contribution in [0.2, 0.25) is 0 Å². The van der Waals surface area contributed by atoms with E-state index in [9.17, 15) is 9.59 Å². The highest BCUT2D eigenvalue weighted by Crippen LogP contribution is 2.26. The van der Waals surface area contributed by atoms with Crippen LogP contribution in [-0.4, -0.2) is 17.9 Å². The Balaban J connectivity index is 2.02. The van der Waals surface area contributed by atoms with E-state index in [2.05, 4.69) is 10.6 Å². The first-order valence-electron chi connectivity index (χ1n) is 7.40. The van der Waals surface area contributed by atoms with Crippen LogP contribution in [0.15, 0.2) is 18.2 Å². The molecule has 21 heavy (non-hydrogen) atoms. The number of carbonyl (C=O) groups is 2. The topological polar surface area (TPSA) is 84.2 Å². The first-order chi connectivity index (χ1) is 9.95. The Labute approximate surface area is 125 Å². The van der Waals surface area contributed by atoms with Gasteiger partial charge >= 0.3 is 0 Å². The lowest BCUT2D eigenvalue weighted by Crippen LogP contribution is -2.32. The average molecular weight is 289 g/mol. The first kappa shape index (κ1) is 15.5. The maximum atomic E-state index is 12.3. The average Bonchev–Trinajstić information content (AvgIpc) is 2.42. The van der Waals surface area contributed by atoms with Crippen molar-refractivity contribution in [1.82, 2.24) is 0 Å². The highest BCUT2D eigenvalue weighted by molar-refractivity contribution is 5.95. The normalized spacial score (nSPS) is 21.7. The van der Waals surface area contributed by atoms with Crippen LogP contribution in [0.1, 0.15) is 38.2 Å².